The van der Waals surface area contributed by atoms with Gasteiger partial charge in [-0.1, -0.05) is 24.6 Å². The molecule has 2 aliphatic heterocycles. The van der Waals surface area contributed by atoms with Gasteiger partial charge in [0.2, 0.25) is 5.91 Å². The molecule has 2 unspecified atom stereocenters. The highest BCUT2D eigenvalue weighted by molar-refractivity contribution is 8.00. The third-order valence-electron chi connectivity index (χ3n) is 6.40. The smallest absolute Gasteiger partial charge is 0.251 e. The molecule has 2 N–H and O–H groups in total. The van der Waals surface area contributed by atoms with Gasteiger partial charge in [0.05, 0.1) is 37.6 Å². The lowest BCUT2D eigenvalue weighted by Gasteiger charge is -2.30. The molecule has 2 heterocycles. The number of thioether (sulfide) groups is 1. The Labute approximate surface area is 203 Å². The predicted octanol–water partition coefficient (Wildman–Crippen LogP) is 3.55. The van der Waals surface area contributed by atoms with Crippen LogP contribution in [0.2, 0.25) is 5.02 Å². The second-order valence-electron chi connectivity index (χ2n) is 8.96. The molecule has 2 amide bonds. The molecule has 8 heteroatoms. The van der Waals surface area contributed by atoms with Crippen LogP contribution in [0.5, 0.6) is 0 Å². The molecule has 0 aliphatic carbocycles. The number of halogens is 2. The molecule has 0 aromatic heterocycles. The van der Waals surface area contributed by atoms with Crippen LogP contribution >= 0.6 is 23.4 Å². The van der Waals surface area contributed by atoms with Crippen LogP contribution in [-0.2, 0) is 11.3 Å². The molecule has 4 rings (SSSR count). The summed E-state index contributed by atoms with van der Waals surface area (Å²) in [5.74, 6) is 0.299. The molecule has 2 aromatic carbocycles. The van der Waals surface area contributed by atoms with Crippen molar-refractivity contribution >= 4 is 40.9 Å². The summed E-state index contributed by atoms with van der Waals surface area (Å²) in [5, 5.41) is 3.29. The van der Waals surface area contributed by atoms with Crippen LogP contribution in [0.15, 0.2) is 41.3 Å². The maximum absolute atomic E-state index is 14.4. The van der Waals surface area contributed by atoms with Crippen molar-refractivity contribution in [3.63, 3.8) is 0 Å². The lowest BCUT2D eigenvalue weighted by atomic mass is 10.0. The highest BCUT2D eigenvalue weighted by atomic mass is 35.5. The number of carbonyl (C=O) groups is 2. The molecule has 0 spiro atoms. The van der Waals surface area contributed by atoms with E-state index in [2.05, 4.69) is 12.2 Å². The number of rotatable bonds is 7. The lowest BCUT2D eigenvalue weighted by Crippen LogP contribution is -3.13. The van der Waals surface area contributed by atoms with E-state index < -0.39 is 5.82 Å². The van der Waals surface area contributed by atoms with Gasteiger partial charge < -0.3 is 15.1 Å². The number of carbonyl (C=O) groups excluding carboxylic acids is 2. The number of hydrogen-bond donors (Lipinski definition) is 2. The van der Waals surface area contributed by atoms with E-state index in [9.17, 15) is 14.0 Å². The Morgan fingerprint density at radius 1 is 1.33 bits per heavy atom. The second-order valence-corrected chi connectivity index (χ2v) is 10.4. The monoisotopic (exact) mass is 490 g/mol. The number of nitrogens with one attached hydrogen (secondary N) is 2. The van der Waals surface area contributed by atoms with E-state index in [0.29, 0.717) is 17.8 Å². The number of fused-ring (bicyclic) bond motifs is 1. The van der Waals surface area contributed by atoms with E-state index in [0.717, 1.165) is 23.8 Å². The lowest BCUT2D eigenvalue weighted by molar-refractivity contribution is -0.908. The zero-order chi connectivity index (χ0) is 23.4. The zero-order valence-electron chi connectivity index (χ0n) is 18.8. The molecule has 0 saturated carbocycles. The normalized spacial score (nSPS) is 20.5. The molecular weight excluding hydrogens is 461 g/mol. The highest BCUT2D eigenvalue weighted by Crippen LogP contribution is 2.37. The maximum Gasteiger partial charge on any atom is 0.251 e. The topological polar surface area (TPSA) is 53.9 Å². The molecule has 2 atom stereocenters. The Kier molecular flexibility index (Phi) is 7.94. The Bertz CT molecular complexity index is 1010. The number of anilines is 1. The van der Waals surface area contributed by atoms with Crippen molar-refractivity contribution in [2.24, 2.45) is 5.92 Å². The summed E-state index contributed by atoms with van der Waals surface area (Å²) in [6.07, 6.45) is 3.54. The molecule has 1 fully saturated rings. The molecule has 2 aromatic rings. The van der Waals surface area contributed by atoms with Gasteiger partial charge in [0, 0.05) is 39.9 Å². The van der Waals surface area contributed by atoms with Crippen LogP contribution in [0.3, 0.4) is 0 Å². The van der Waals surface area contributed by atoms with E-state index >= 15 is 0 Å². The Balaban J connectivity index is 1.41. The molecule has 2 aliphatic rings. The number of amides is 2. The summed E-state index contributed by atoms with van der Waals surface area (Å²) in [7, 11) is 0. The minimum atomic E-state index is -0.450. The Morgan fingerprint density at radius 2 is 2.18 bits per heavy atom. The molecule has 0 radical (unpaired) electrons. The quantitative estimate of drug-likeness (QED) is 0.584. The first-order valence-electron chi connectivity index (χ1n) is 11.5. The van der Waals surface area contributed by atoms with Crippen molar-refractivity contribution in [2.75, 3.05) is 36.8 Å². The van der Waals surface area contributed by atoms with Crippen molar-refractivity contribution in [2.45, 2.75) is 37.6 Å². The first-order chi connectivity index (χ1) is 15.9. The van der Waals surface area contributed by atoms with E-state index in [1.165, 1.54) is 48.7 Å². The number of piperidine rings is 1. The molecule has 33 heavy (non-hydrogen) atoms. The molecule has 5 nitrogen and oxygen atoms in total. The second kappa shape index (κ2) is 10.9. The van der Waals surface area contributed by atoms with Crippen LogP contribution in [0, 0.1) is 11.7 Å². The van der Waals surface area contributed by atoms with Gasteiger partial charge >= 0.3 is 0 Å². The van der Waals surface area contributed by atoms with Gasteiger partial charge in [0.1, 0.15) is 5.82 Å². The van der Waals surface area contributed by atoms with Gasteiger partial charge in [-0.25, -0.2) is 4.39 Å². The van der Waals surface area contributed by atoms with Crippen molar-refractivity contribution < 1.29 is 18.9 Å². The standard InChI is InChI=1S/C25H29ClFN3O2S/c1-17-5-3-11-29(14-17)12-4-10-28-25(32)18-8-9-23-22(13-18)30(24(31)16-33-23)15-19-20(26)6-2-7-21(19)27/h2,6-9,13,17H,3-5,10-12,14-16H2,1H3,(H,28,32)/p+1. The summed E-state index contributed by atoms with van der Waals surface area (Å²) in [6.45, 7) is 6.46. The molecule has 176 valence electrons. The van der Waals surface area contributed by atoms with Gasteiger partial charge in [-0.3, -0.25) is 9.59 Å². The van der Waals surface area contributed by atoms with E-state index in [1.54, 1.807) is 29.2 Å². The fourth-order valence-corrected chi connectivity index (χ4v) is 5.76. The van der Waals surface area contributed by atoms with Crippen LogP contribution in [0.25, 0.3) is 0 Å². The van der Waals surface area contributed by atoms with E-state index in [4.69, 9.17) is 11.6 Å². The largest absolute Gasteiger partial charge is 0.352 e. The van der Waals surface area contributed by atoms with Crippen molar-refractivity contribution in [3.05, 3.63) is 58.4 Å². The summed E-state index contributed by atoms with van der Waals surface area (Å²) in [4.78, 5) is 29.5. The minimum absolute atomic E-state index is 0.0278. The average Bonchev–Trinajstić information content (AvgIpc) is 2.80. The molecular formula is C25H30ClFN3O2S+. The molecule has 1 saturated heterocycles. The van der Waals surface area contributed by atoms with Crippen LogP contribution in [0.4, 0.5) is 10.1 Å². The van der Waals surface area contributed by atoms with Crippen LogP contribution in [0.1, 0.15) is 42.1 Å². The first-order valence-corrected chi connectivity index (χ1v) is 12.9. The van der Waals surface area contributed by atoms with Gasteiger partial charge in [-0.05, 0) is 43.2 Å². The van der Waals surface area contributed by atoms with Gasteiger partial charge in [-0.2, -0.15) is 0 Å². The van der Waals surface area contributed by atoms with Gasteiger partial charge in [-0.15, -0.1) is 11.8 Å². The van der Waals surface area contributed by atoms with Crippen molar-refractivity contribution in [1.82, 2.24) is 5.32 Å². The first kappa shape index (κ1) is 24.0. The summed E-state index contributed by atoms with van der Waals surface area (Å²) in [5.41, 5.74) is 1.39. The summed E-state index contributed by atoms with van der Waals surface area (Å²) < 4.78 is 14.4. The SMILES string of the molecule is CC1CCC[NH+](CCCNC(=O)c2ccc3c(c2)N(Cc2c(F)cccc2Cl)C(=O)CS3)C1. The predicted molar refractivity (Wildman–Crippen MR) is 131 cm³/mol. The van der Waals surface area contributed by atoms with E-state index in [1.807, 2.05) is 6.07 Å². The fourth-order valence-electron chi connectivity index (χ4n) is 4.63. The van der Waals surface area contributed by atoms with Crippen LogP contribution in [-0.4, -0.2) is 43.7 Å². The number of nitrogens with zero attached hydrogens (tertiary/aromatic N) is 1. The Morgan fingerprint density at radius 3 is 2.97 bits per heavy atom. The number of hydrogen-bond acceptors (Lipinski definition) is 3. The zero-order valence-corrected chi connectivity index (χ0v) is 20.4. The summed E-state index contributed by atoms with van der Waals surface area (Å²) >= 11 is 7.62. The average molecular weight is 491 g/mol. The third kappa shape index (κ3) is 5.89. The number of benzene rings is 2. The van der Waals surface area contributed by atoms with Gasteiger partial charge in [0.25, 0.3) is 5.91 Å². The van der Waals surface area contributed by atoms with Gasteiger partial charge in [0.15, 0.2) is 0 Å². The Hall–Kier alpha value is -2.09. The minimum Gasteiger partial charge on any atom is -0.352 e. The highest BCUT2D eigenvalue weighted by Gasteiger charge is 2.27. The fraction of sp³-hybridized carbons (Fsp3) is 0.440. The molecule has 0 bridgehead atoms. The number of quaternary nitrogens is 1. The third-order valence-corrected chi connectivity index (χ3v) is 7.80. The summed E-state index contributed by atoms with van der Waals surface area (Å²) in [6, 6.07) is 9.85. The maximum atomic E-state index is 14.4. The van der Waals surface area contributed by atoms with Crippen LogP contribution < -0.4 is 15.1 Å². The van der Waals surface area contributed by atoms with E-state index in [-0.39, 0.29) is 34.7 Å². The van der Waals surface area contributed by atoms with Crippen molar-refractivity contribution in [3.8, 4) is 0 Å². The van der Waals surface area contributed by atoms with Crippen molar-refractivity contribution in [1.29, 1.82) is 0 Å². The number of likely N-dealkylation sites (tertiary alicyclic amines) is 1.